The largest absolute Gasteiger partial charge is 0.305 e. The molecule has 0 atom stereocenters. The molecular formula is C8H17NO4. The molecule has 0 fully saturated rings. The van der Waals surface area contributed by atoms with Crippen LogP contribution >= 0.6 is 0 Å². The van der Waals surface area contributed by atoms with Crippen LogP contribution in [0.3, 0.4) is 0 Å². The van der Waals surface area contributed by atoms with E-state index in [1.165, 1.54) is 6.92 Å². The van der Waals surface area contributed by atoms with Gasteiger partial charge in [0.15, 0.2) is 0 Å². The smallest absolute Gasteiger partial charge is 0.120 e. The zero-order valence-electron chi connectivity index (χ0n) is 8.28. The Balaban J connectivity index is -0.000000125. The summed E-state index contributed by atoms with van der Waals surface area (Å²) in [6, 6.07) is 0. The maximum atomic E-state index is 9.40. The molecule has 0 spiro atoms. The van der Waals surface area contributed by atoms with Gasteiger partial charge in [-0.1, -0.05) is 0 Å². The molecule has 13 heavy (non-hydrogen) atoms. The SMILES string of the molecule is CC=O.CNOC.O=CCCC=O. The van der Waals surface area contributed by atoms with Gasteiger partial charge in [-0.05, 0) is 6.92 Å². The standard InChI is InChI=1S/C4H6O2.C2H7NO.C2H4O/c5-3-1-2-4-6;1-3-4-2;1-2-3/h3-4H,1-2H2;3H,1-2H3;2H,1H3. The van der Waals surface area contributed by atoms with E-state index in [-0.39, 0.29) is 0 Å². The second kappa shape index (κ2) is 30.6. The first-order chi connectivity index (χ1) is 6.24. The molecule has 0 aromatic heterocycles. The molecule has 0 amide bonds. The summed E-state index contributed by atoms with van der Waals surface area (Å²) < 4.78 is 0. The number of hydroxylamine groups is 1. The molecule has 0 aliphatic heterocycles. The molecular weight excluding hydrogens is 174 g/mol. The van der Waals surface area contributed by atoms with Gasteiger partial charge in [0.1, 0.15) is 18.9 Å². The van der Waals surface area contributed by atoms with Crippen molar-refractivity contribution in [2.24, 2.45) is 0 Å². The van der Waals surface area contributed by atoms with Gasteiger partial charge in [-0.2, -0.15) is 0 Å². The molecule has 0 aliphatic carbocycles. The van der Waals surface area contributed by atoms with Crippen LogP contribution in [-0.4, -0.2) is 33.0 Å². The number of rotatable bonds is 4. The Morgan fingerprint density at radius 3 is 1.46 bits per heavy atom. The van der Waals surface area contributed by atoms with Crippen LogP contribution in [0.2, 0.25) is 0 Å². The minimum absolute atomic E-state index is 0.365. The molecule has 0 aromatic rings. The fourth-order valence-electron chi connectivity index (χ4n) is 0.136. The summed E-state index contributed by atoms with van der Waals surface area (Å²) in [6.07, 6.45) is 2.94. The molecule has 0 aliphatic rings. The maximum absolute atomic E-state index is 9.40. The van der Waals surface area contributed by atoms with E-state index in [1.54, 1.807) is 14.2 Å². The third-order valence-electron chi connectivity index (χ3n) is 0.606. The van der Waals surface area contributed by atoms with Gasteiger partial charge < -0.3 is 19.2 Å². The number of carbonyl (C=O) groups excluding carboxylic acids is 3. The second-order valence-corrected chi connectivity index (χ2v) is 1.55. The van der Waals surface area contributed by atoms with Gasteiger partial charge in [-0.3, -0.25) is 0 Å². The highest BCUT2D eigenvalue weighted by molar-refractivity contribution is 5.58. The minimum Gasteiger partial charge on any atom is -0.305 e. The summed E-state index contributed by atoms with van der Waals surface area (Å²) in [5.74, 6) is 0. The van der Waals surface area contributed by atoms with Gasteiger partial charge in [0, 0.05) is 19.9 Å². The summed E-state index contributed by atoms with van der Waals surface area (Å²) in [4.78, 5) is 31.9. The molecule has 0 bridgehead atoms. The van der Waals surface area contributed by atoms with Crippen molar-refractivity contribution in [2.75, 3.05) is 14.2 Å². The summed E-state index contributed by atoms with van der Waals surface area (Å²) in [7, 11) is 3.28. The van der Waals surface area contributed by atoms with Crippen LogP contribution in [0.1, 0.15) is 19.8 Å². The van der Waals surface area contributed by atoms with E-state index in [0.717, 1.165) is 18.9 Å². The van der Waals surface area contributed by atoms with Gasteiger partial charge in [0.05, 0.1) is 7.11 Å². The van der Waals surface area contributed by atoms with E-state index in [1.807, 2.05) is 0 Å². The lowest BCUT2D eigenvalue weighted by Gasteiger charge is -1.80. The molecule has 5 nitrogen and oxygen atoms in total. The second-order valence-electron chi connectivity index (χ2n) is 1.55. The lowest BCUT2D eigenvalue weighted by Crippen LogP contribution is -2.00. The van der Waals surface area contributed by atoms with Crippen LogP contribution in [0.15, 0.2) is 0 Å². The number of hydrogen-bond acceptors (Lipinski definition) is 5. The summed E-state index contributed by atoms with van der Waals surface area (Å²) in [5, 5.41) is 0. The predicted octanol–water partition coefficient (Wildman–Crippen LogP) is 0.137. The highest BCUT2D eigenvalue weighted by atomic mass is 16.6. The molecule has 0 rings (SSSR count). The van der Waals surface area contributed by atoms with Crippen molar-refractivity contribution < 1.29 is 19.2 Å². The summed E-state index contributed by atoms with van der Waals surface area (Å²) >= 11 is 0. The molecule has 78 valence electrons. The third-order valence-corrected chi connectivity index (χ3v) is 0.606. The molecule has 0 heterocycles. The third kappa shape index (κ3) is 102. The van der Waals surface area contributed by atoms with Crippen molar-refractivity contribution in [1.29, 1.82) is 0 Å². The van der Waals surface area contributed by atoms with E-state index in [2.05, 4.69) is 10.3 Å². The van der Waals surface area contributed by atoms with Gasteiger partial charge in [-0.15, -0.1) is 0 Å². The molecule has 0 saturated carbocycles. The van der Waals surface area contributed by atoms with Crippen molar-refractivity contribution in [3.05, 3.63) is 0 Å². The number of carbonyl (C=O) groups is 3. The minimum atomic E-state index is 0.365. The predicted molar refractivity (Wildman–Crippen MR) is 49.2 cm³/mol. The van der Waals surface area contributed by atoms with Crippen molar-refractivity contribution in [3.8, 4) is 0 Å². The molecule has 1 N–H and O–H groups in total. The average molecular weight is 191 g/mol. The first-order valence-corrected chi connectivity index (χ1v) is 3.71. The summed E-state index contributed by atoms with van der Waals surface area (Å²) in [5.41, 5.74) is 2.43. The van der Waals surface area contributed by atoms with Crippen molar-refractivity contribution >= 4 is 18.9 Å². The van der Waals surface area contributed by atoms with E-state index in [9.17, 15) is 9.59 Å². The number of aldehydes is 3. The van der Waals surface area contributed by atoms with Crippen LogP contribution in [0.25, 0.3) is 0 Å². The van der Waals surface area contributed by atoms with E-state index < -0.39 is 0 Å². The van der Waals surface area contributed by atoms with E-state index in [0.29, 0.717) is 12.8 Å². The number of hydrogen-bond donors (Lipinski definition) is 1. The highest BCUT2D eigenvalue weighted by Gasteiger charge is 1.74. The van der Waals surface area contributed by atoms with Crippen LogP contribution in [0, 0.1) is 0 Å². The lowest BCUT2D eigenvalue weighted by atomic mass is 10.4. The van der Waals surface area contributed by atoms with E-state index in [4.69, 9.17) is 4.79 Å². The quantitative estimate of drug-likeness (QED) is 0.388. The first-order valence-electron chi connectivity index (χ1n) is 3.71. The molecule has 0 aromatic carbocycles. The Kier molecular flexibility index (Phi) is 42.1. The Morgan fingerprint density at radius 2 is 1.38 bits per heavy atom. The Hall–Kier alpha value is -1.07. The highest BCUT2D eigenvalue weighted by Crippen LogP contribution is 1.72. The molecule has 5 heteroatoms. The van der Waals surface area contributed by atoms with Crippen LogP contribution in [-0.2, 0) is 19.2 Å². The molecule has 0 saturated heterocycles. The fraction of sp³-hybridized carbons (Fsp3) is 0.625. The zero-order valence-corrected chi connectivity index (χ0v) is 8.28. The van der Waals surface area contributed by atoms with Crippen molar-refractivity contribution in [1.82, 2.24) is 5.48 Å². The van der Waals surface area contributed by atoms with Crippen molar-refractivity contribution in [2.45, 2.75) is 19.8 Å². The molecule has 0 radical (unpaired) electrons. The Morgan fingerprint density at radius 1 is 1.15 bits per heavy atom. The normalized spacial score (nSPS) is 6.69. The van der Waals surface area contributed by atoms with E-state index >= 15 is 0 Å². The first kappa shape index (κ1) is 17.9. The zero-order chi connectivity index (χ0) is 10.9. The fourth-order valence-corrected chi connectivity index (χ4v) is 0.136. The summed E-state index contributed by atoms with van der Waals surface area (Å²) in [6.45, 7) is 1.44. The van der Waals surface area contributed by atoms with Gasteiger partial charge in [0.25, 0.3) is 0 Å². The Bertz CT molecular complexity index is 96.3. The van der Waals surface area contributed by atoms with Crippen molar-refractivity contribution in [3.63, 3.8) is 0 Å². The monoisotopic (exact) mass is 191 g/mol. The van der Waals surface area contributed by atoms with Gasteiger partial charge in [-0.25, -0.2) is 5.48 Å². The topological polar surface area (TPSA) is 72.5 Å². The van der Waals surface area contributed by atoms with Gasteiger partial charge in [0.2, 0.25) is 0 Å². The maximum Gasteiger partial charge on any atom is 0.120 e. The number of unbranched alkanes of at least 4 members (excludes halogenated alkanes) is 1. The van der Waals surface area contributed by atoms with Crippen LogP contribution < -0.4 is 5.48 Å². The Labute approximate surface area is 78.4 Å². The lowest BCUT2D eigenvalue weighted by molar-refractivity contribution is -0.112. The van der Waals surface area contributed by atoms with Crippen LogP contribution in [0.4, 0.5) is 0 Å². The average Bonchev–Trinajstić information content (AvgIpc) is 2.16. The number of nitrogens with one attached hydrogen (secondary N) is 1. The van der Waals surface area contributed by atoms with Crippen LogP contribution in [0.5, 0.6) is 0 Å². The molecule has 0 unspecified atom stereocenters. The van der Waals surface area contributed by atoms with Gasteiger partial charge >= 0.3 is 0 Å².